The van der Waals surface area contributed by atoms with Crippen molar-refractivity contribution < 1.29 is 4.39 Å². The quantitative estimate of drug-likeness (QED) is 0.915. The smallest absolute Gasteiger partial charge is 0.163 e. The number of pyridine rings is 1. The molecule has 18 heavy (non-hydrogen) atoms. The lowest BCUT2D eigenvalue weighted by Gasteiger charge is -2.11. The Kier molecular flexibility index (Phi) is 3.58. The molecule has 0 unspecified atom stereocenters. The van der Waals surface area contributed by atoms with Gasteiger partial charge in [0.15, 0.2) is 5.69 Å². The van der Waals surface area contributed by atoms with Gasteiger partial charge >= 0.3 is 0 Å². The van der Waals surface area contributed by atoms with Crippen molar-refractivity contribution >= 4 is 27.3 Å². The van der Waals surface area contributed by atoms with Crippen LogP contribution in [0, 0.1) is 24.1 Å². The molecule has 1 N–H and O–H groups in total. The number of anilines is 2. The normalized spacial score (nSPS) is 9.89. The van der Waals surface area contributed by atoms with Gasteiger partial charge in [-0.2, -0.15) is 5.26 Å². The number of nitrogens with one attached hydrogen (secondary N) is 1. The average Bonchev–Trinajstić information content (AvgIpc) is 2.36. The summed E-state index contributed by atoms with van der Waals surface area (Å²) in [5, 5.41) is 12.0. The molecule has 0 fully saturated rings. The molecule has 2 rings (SSSR count). The Bertz CT molecular complexity index is 635. The van der Waals surface area contributed by atoms with Gasteiger partial charge in [0.05, 0.1) is 10.2 Å². The molecular formula is C13H9BrFN3. The Labute approximate surface area is 112 Å². The standard InChI is InChI=1S/C13H9BrFN3/c1-8-5-10(15)9(14)6-12(8)18-11-3-2-4-17-13(11)7-16/h2-6,18H,1H3. The fraction of sp³-hybridized carbons (Fsp3) is 0.0769. The highest BCUT2D eigenvalue weighted by molar-refractivity contribution is 9.10. The van der Waals surface area contributed by atoms with Crippen molar-refractivity contribution in [3.05, 3.63) is 52.0 Å². The van der Waals surface area contributed by atoms with Crippen LogP contribution < -0.4 is 5.32 Å². The van der Waals surface area contributed by atoms with Gasteiger partial charge < -0.3 is 5.32 Å². The van der Waals surface area contributed by atoms with Crippen molar-refractivity contribution in [2.75, 3.05) is 5.32 Å². The third kappa shape index (κ3) is 2.49. The van der Waals surface area contributed by atoms with Crippen LogP contribution >= 0.6 is 15.9 Å². The van der Waals surface area contributed by atoms with E-state index >= 15 is 0 Å². The highest BCUT2D eigenvalue weighted by Gasteiger charge is 2.08. The molecule has 0 aliphatic carbocycles. The van der Waals surface area contributed by atoms with Gasteiger partial charge in [0.1, 0.15) is 11.9 Å². The fourth-order valence-electron chi connectivity index (χ4n) is 1.52. The number of halogens is 2. The predicted molar refractivity (Wildman–Crippen MR) is 71.1 cm³/mol. The molecule has 0 radical (unpaired) electrons. The van der Waals surface area contributed by atoms with E-state index in [1.54, 1.807) is 31.3 Å². The van der Waals surface area contributed by atoms with Crippen LogP contribution in [0.2, 0.25) is 0 Å². The summed E-state index contributed by atoms with van der Waals surface area (Å²) in [4.78, 5) is 3.95. The van der Waals surface area contributed by atoms with E-state index in [1.807, 2.05) is 6.07 Å². The minimum Gasteiger partial charge on any atom is -0.353 e. The molecule has 0 saturated heterocycles. The van der Waals surface area contributed by atoms with Gasteiger partial charge in [-0.15, -0.1) is 0 Å². The molecule has 0 atom stereocenters. The number of nitrogens with zero attached hydrogens (tertiary/aromatic N) is 2. The van der Waals surface area contributed by atoms with Gasteiger partial charge in [0, 0.05) is 11.9 Å². The lowest BCUT2D eigenvalue weighted by molar-refractivity contribution is 0.620. The van der Waals surface area contributed by atoms with Gasteiger partial charge in [-0.3, -0.25) is 0 Å². The zero-order chi connectivity index (χ0) is 13.1. The van der Waals surface area contributed by atoms with E-state index < -0.39 is 0 Å². The van der Waals surface area contributed by atoms with Crippen molar-refractivity contribution in [1.29, 1.82) is 5.26 Å². The van der Waals surface area contributed by atoms with Crippen LogP contribution in [0.25, 0.3) is 0 Å². The summed E-state index contributed by atoms with van der Waals surface area (Å²) in [6.07, 6.45) is 1.55. The van der Waals surface area contributed by atoms with Crippen molar-refractivity contribution in [2.45, 2.75) is 6.92 Å². The maximum absolute atomic E-state index is 13.3. The Balaban J connectivity index is 2.41. The lowest BCUT2D eigenvalue weighted by Crippen LogP contribution is -1.98. The maximum atomic E-state index is 13.3. The number of hydrogen-bond acceptors (Lipinski definition) is 3. The minimum atomic E-state index is -0.315. The molecule has 0 amide bonds. The first kappa shape index (κ1) is 12.5. The highest BCUT2D eigenvalue weighted by Crippen LogP contribution is 2.27. The van der Waals surface area contributed by atoms with Crippen molar-refractivity contribution in [3.8, 4) is 6.07 Å². The lowest BCUT2D eigenvalue weighted by atomic mass is 10.2. The molecule has 90 valence electrons. The molecule has 0 bridgehead atoms. The summed E-state index contributed by atoms with van der Waals surface area (Å²) < 4.78 is 13.7. The summed E-state index contributed by atoms with van der Waals surface area (Å²) in [7, 11) is 0. The Morgan fingerprint density at radius 1 is 1.39 bits per heavy atom. The summed E-state index contributed by atoms with van der Waals surface area (Å²) >= 11 is 3.13. The van der Waals surface area contributed by atoms with Crippen LogP contribution in [0.5, 0.6) is 0 Å². The number of aromatic nitrogens is 1. The Morgan fingerprint density at radius 3 is 2.89 bits per heavy atom. The van der Waals surface area contributed by atoms with Gasteiger partial charge in [0.25, 0.3) is 0 Å². The van der Waals surface area contributed by atoms with Crippen LogP contribution in [0.4, 0.5) is 15.8 Å². The van der Waals surface area contributed by atoms with Crippen LogP contribution in [-0.4, -0.2) is 4.98 Å². The molecule has 1 aromatic heterocycles. The number of aryl methyl sites for hydroxylation is 1. The second-order valence-corrected chi connectivity index (χ2v) is 4.57. The van der Waals surface area contributed by atoms with E-state index in [9.17, 15) is 4.39 Å². The summed E-state index contributed by atoms with van der Waals surface area (Å²) in [6, 6.07) is 8.55. The van der Waals surface area contributed by atoms with Gasteiger partial charge in [0.2, 0.25) is 0 Å². The minimum absolute atomic E-state index is 0.303. The molecule has 2 aromatic rings. The molecule has 0 saturated carbocycles. The third-order valence-corrected chi connectivity index (χ3v) is 3.06. The van der Waals surface area contributed by atoms with Gasteiger partial charge in [-0.1, -0.05) is 0 Å². The van der Waals surface area contributed by atoms with E-state index in [0.29, 0.717) is 15.9 Å². The van der Waals surface area contributed by atoms with E-state index in [1.165, 1.54) is 6.07 Å². The second-order valence-electron chi connectivity index (χ2n) is 3.72. The van der Waals surface area contributed by atoms with Crippen LogP contribution in [0.15, 0.2) is 34.9 Å². The molecule has 0 spiro atoms. The Morgan fingerprint density at radius 2 is 2.17 bits per heavy atom. The summed E-state index contributed by atoms with van der Waals surface area (Å²) in [6.45, 7) is 1.79. The molecule has 0 aliphatic heterocycles. The topological polar surface area (TPSA) is 48.7 Å². The molecule has 1 aromatic carbocycles. The molecular weight excluding hydrogens is 297 g/mol. The maximum Gasteiger partial charge on any atom is 0.163 e. The first-order valence-electron chi connectivity index (χ1n) is 5.19. The Hall–Kier alpha value is -1.93. The van der Waals surface area contributed by atoms with E-state index in [4.69, 9.17) is 5.26 Å². The molecule has 0 aliphatic rings. The monoisotopic (exact) mass is 305 g/mol. The predicted octanol–water partition coefficient (Wildman–Crippen LogP) is 3.91. The SMILES string of the molecule is Cc1cc(F)c(Br)cc1Nc1cccnc1C#N. The zero-order valence-electron chi connectivity index (χ0n) is 9.54. The average molecular weight is 306 g/mol. The van der Waals surface area contributed by atoms with Crippen molar-refractivity contribution in [1.82, 2.24) is 4.98 Å². The number of hydrogen-bond donors (Lipinski definition) is 1. The fourth-order valence-corrected chi connectivity index (χ4v) is 1.86. The van der Waals surface area contributed by atoms with Crippen LogP contribution in [0.3, 0.4) is 0 Å². The molecule has 1 heterocycles. The number of rotatable bonds is 2. The van der Waals surface area contributed by atoms with Crippen LogP contribution in [-0.2, 0) is 0 Å². The van der Waals surface area contributed by atoms with Gasteiger partial charge in [-0.05, 0) is 52.7 Å². The highest BCUT2D eigenvalue weighted by atomic mass is 79.9. The summed E-state index contributed by atoms with van der Waals surface area (Å²) in [5.74, 6) is -0.315. The molecule has 3 nitrogen and oxygen atoms in total. The third-order valence-electron chi connectivity index (χ3n) is 2.45. The summed E-state index contributed by atoms with van der Waals surface area (Å²) in [5.41, 5.74) is 2.38. The van der Waals surface area contributed by atoms with Gasteiger partial charge in [-0.25, -0.2) is 9.37 Å². The first-order chi connectivity index (χ1) is 8.61. The van der Waals surface area contributed by atoms with Crippen molar-refractivity contribution in [3.63, 3.8) is 0 Å². The van der Waals surface area contributed by atoms with Crippen LogP contribution in [0.1, 0.15) is 11.3 Å². The zero-order valence-corrected chi connectivity index (χ0v) is 11.1. The number of benzene rings is 1. The van der Waals surface area contributed by atoms with Crippen molar-refractivity contribution in [2.24, 2.45) is 0 Å². The number of nitriles is 1. The van der Waals surface area contributed by atoms with E-state index in [2.05, 4.69) is 26.2 Å². The van der Waals surface area contributed by atoms with E-state index in [-0.39, 0.29) is 5.82 Å². The first-order valence-corrected chi connectivity index (χ1v) is 5.99. The largest absolute Gasteiger partial charge is 0.353 e. The second kappa shape index (κ2) is 5.15. The molecule has 5 heteroatoms. The van der Waals surface area contributed by atoms with E-state index in [0.717, 1.165) is 11.3 Å².